The minimum Gasteiger partial charge on any atom is -0.357 e. The predicted octanol–water partition coefficient (Wildman–Crippen LogP) is 3.39. The molecule has 5 heteroatoms. The molecule has 0 fully saturated rings. The first-order chi connectivity index (χ1) is 12.2. The van der Waals surface area contributed by atoms with Crippen LogP contribution in [-0.2, 0) is 13.0 Å². The Kier molecular flexibility index (Phi) is 7.45. The average Bonchev–Trinajstić information content (AvgIpc) is 2.64. The number of aliphatic imine (C=N–C) groups is 1. The van der Waals surface area contributed by atoms with E-state index in [1.54, 1.807) is 12.1 Å². The van der Waals surface area contributed by atoms with Gasteiger partial charge in [0.1, 0.15) is 5.82 Å². The molecule has 0 saturated carbocycles. The Bertz CT molecular complexity index is 735. The van der Waals surface area contributed by atoms with Crippen molar-refractivity contribution in [2.45, 2.75) is 26.3 Å². The zero-order valence-corrected chi connectivity index (χ0v) is 14.4. The van der Waals surface area contributed by atoms with Crippen LogP contribution < -0.4 is 10.6 Å². The van der Waals surface area contributed by atoms with Gasteiger partial charge in [0.05, 0.1) is 18.2 Å². The van der Waals surface area contributed by atoms with Crippen LogP contribution >= 0.6 is 0 Å². The summed E-state index contributed by atoms with van der Waals surface area (Å²) in [7, 11) is 0. The molecule has 0 saturated heterocycles. The molecule has 130 valence electrons. The molecule has 0 atom stereocenters. The van der Waals surface area contributed by atoms with Crippen LogP contribution in [0.3, 0.4) is 0 Å². The lowest BCUT2D eigenvalue weighted by atomic mass is 10.1. The molecular weight excluding hydrogens is 315 g/mol. The van der Waals surface area contributed by atoms with E-state index in [0.29, 0.717) is 17.1 Å². The van der Waals surface area contributed by atoms with Crippen molar-refractivity contribution in [2.75, 3.05) is 13.1 Å². The number of aryl methyl sites for hydroxylation is 1. The number of guanidine groups is 1. The largest absolute Gasteiger partial charge is 0.357 e. The van der Waals surface area contributed by atoms with E-state index in [1.165, 1.54) is 11.6 Å². The zero-order valence-electron chi connectivity index (χ0n) is 14.4. The molecular formula is C20H23FN4. The SMILES string of the molecule is CCNC(=NCc1ccc(C#N)cc1F)NCCCc1ccccc1. The quantitative estimate of drug-likeness (QED) is 0.462. The van der Waals surface area contributed by atoms with Gasteiger partial charge in [0.2, 0.25) is 0 Å². The first-order valence-electron chi connectivity index (χ1n) is 8.47. The first kappa shape index (κ1) is 18.5. The average molecular weight is 338 g/mol. The number of hydrogen-bond acceptors (Lipinski definition) is 2. The summed E-state index contributed by atoms with van der Waals surface area (Å²) in [6.45, 7) is 3.74. The molecule has 2 aromatic carbocycles. The monoisotopic (exact) mass is 338 g/mol. The van der Waals surface area contributed by atoms with Crippen LogP contribution in [0.25, 0.3) is 0 Å². The molecule has 0 aliphatic rings. The van der Waals surface area contributed by atoms with Crippen LogP contribution in [0.15, 0.2) is 53.5 Å². The van der Waals surface area contributed by atoms with Gasteiger partial charge in [-0.05, 0) is 37.5 Å². The van der Waals surface area contributed by atoms with E-state index in [4.69, 9.17) is 5.26 Å². The van der Waals surface area contributed by atoms with E-state index in [1.807, 2.05) is 31.2 Å². The summed E-state index contributed by atoms with van der Waals surface area (Å²) in [6.07, 6.45) is 1.98. The van der Waals surface area contributed by atoms with Gasteiger partial charge in [-0.15, -0.1) is 0 Å². The van der Waals surface area contributed by atoms with Crippen LogP contribution in [0.4, 0.5) is 4.39 Å². The van der Waals surface area contributed by atoms with Crippen LogP contribution in [0.1, 0.15) is 30.0 Å². The van der Waals surface area contributed by atoms with Gasteiger partial charge in [0.25, 0.3) is 0 Å². The lowest BCUT2D eigenvalue weighted by Crippen LogP contribution is -2.37. The molecule has 0 bridgehead atoms. The number of rotatable bonds is 7. The molecule has 0 aliphatic carbocycles. The Morgan fingerprint density at radius 3 is 2.64 bits per heavy atom. The van der Waals surface area contributed by atoms with E-state index >= 15 is 0 Å². The van der Waals surface area contributed by atoms with Gasteiger partial charge in [-0.25, -0.2) is 9.38 Å². The summed E-state index contributed by atoms with van der Waals surface area (Å²) < 4.78 is 13.9. The molecule has 0 aromatic heterocycles. The molecule has 0 amide bonds. The third-order valence-corrected chi connectivity index (χ3v) is 3.71. The van der Waals surface area contributed by atoms with E-state index in [0.717, 1.165) is 25.9 Å². The molecule has 2 N–H and O–H groups in total. The Labute approximate surface area is 148 Å². The number of hydrogen-bond donors (Lipinski definition) is 2. The van der Waals surface area contributed by atoms with Crippen molar-refractivity contribution in [2.24, 2.45) is 4.99 Å². The second-order valence-corrected chi connectivity index (χ2v) is 5.63. The fourth-order valence-corrected chi connectivity index (χ4v) is 2.40. The van der Waals surface area contributed by atoms with Gasteiger partial charge in [-0.1, -0.05) is 36.4 Å². The maximum atomic E-state index is 13.9. The zero-order chi connectivity index (χ0) is 17.9. The molecule has 0 unspecified atom stereocenters. The molecule has 0 spiro atoms. The number of benzene rings is 2. The second kappa shape index (κ2) is 10.1. The number of nitriles is 1. The highest BCUT2D eigenvalue weighted by Crippen LogP contribution is 2.11. The fraction of sp³-hybridized carbons (Fsp3) is 0.300. The summed E-state index contributed by atoms with van der Waals surface area (Å²) in [6, 6.07) is 16.7. The van der Waals surface area contributed by atoms with Crippen molar-refractivity contribution >= 4 is 5.96 Å². The van der Waals surface area contributed by atoms with Crippen molar-refractivity contribution in [1.82, 2.24) is 10.6 Å². The van der Waals surface area contributed by atoms with Crippen LogP contribution in [0, 0.1) is 17.1 Å². The lowest BCUT2D eigenvalue weighted by Gasteiger charge is -2.11. The van der Waals surface area contributed by atoms with Gasteiger partial charge in [0, 0.05) is 18.7 Å². The molecule has 0 radical (unpaired) electrons. The Balaban J connectivity index is 1.86. The predicted molar refractivity (Wildman–Crippen MR) is 98.7 cm³/mol. The maximum Gasteiger partial charge on any atom is 0.191 e. The van der Waals surface area contributed by atoms with Gasteiger partial charge < -0.3 is 10.6 Å². The summed E-state index contributed by atoms with van der Waals surface area (Å²) in [5.41, 5.74) is 2.10. The molecule has 0 aliphatic heterocycles. The maximum absolute atomic E-state index is 13.9. The van der Waals surface area contributed by atoms with Crippen molar-refractivity contribution in [1.29, 1.82) is 5.26 Å². The van der Waals surface area contributed by atoms with E-state index in [9.17, 15) is 4.39 Å². The highest BCUT2D eigenvalue weighted by Gasteiger charge is 2.04. The van der Waals surface area contributed by atoms with Crippen molar-refractivity contribution in [3.63, 3.8) is 0 Å². The summed E-state index contributed by atoms with van der Waals surface area (Å²) in [5.74, 6) is 0.266. The minimum atomic E-state index is -0.400. The molecule has 2 rings (SSSR count). The van der Waals surface area contributed by atoms with Gasteiger partial charge in [-0.2, -0.15) is 5.26 Å². The van der Waals surface area contributed by atoms with Gasteiger partial charge >= 0.3 is 0 Å². The standard InChI is InChI=1S/C20H23FN4/c1-2-23-20(24-12-6-9-16-7-4-3-5-8-16)25-15-18-11-10-17(14-22)13-19(18)21/h3-5,7-8,10-11,13H,2,6,9,12,15H2,1H3,(H2,23,24,25). The fourth-order valence-electron chi connectivity index (χ4n) is 2.40. The van der Waals surface area contributed by atoms with Crippen LogP contribution in [0.2, 0.25) is 0 Å². The molecule has 2 aromatic rings. The molecule has 4 nitrogen and oxygen atoms in total. The number of nitrogens with zero attached hydrogens (tertiary/aromatic N) is 2. The highest BCUT2D eigenvalue weighted by atomic mass is 19.1. The van der Waals surface area contributed by atoms with E-state index in [2.05, 4.69) is 27.8 Å². The van der Waals surface area contributed by atoms with Crippen molar-refractivity contribution in [3.8, 4) is 6.07 Å². The molecule has 25 heavy (non-hydrogen) atoms. The minimum absolute atomic E-state index is 0.228. The summed E-state index contributed by atoms with van der Waals surface area (Å²) >= 11 is 0. The Morgan fingerprint density at radius 2 is 1.96 bits per heavy atom. The second-order valence-electron chi connectivity index (χ2n) is 5.63. The lowest BCUT2D eigenvalue weighted by molar-refractivity contribution is 0.609. The normalized spacial score (nSPS) is 11.0. The molecule has 0 heterocycles. The number of halogens is 1. The Hall–Kier alpha value is -2.87. The smallest absolute Gasteiger partial charge is 0.191 e. The van der Waals surface area contributed by atoms with Gasteiger partial charge in [0.15, 0.2) is 5.96 Å². The highest BCUT2D eigenvalue weighted by molar-refractivity contribution is 5.79. The first-order valence-corrected chi connectivity index (χ1v) is 8.47. The Morgan fingerprint density at radius 1 is 1.16 bits per heavy atom. The third-order valence-electron chi connectivity index (χ3n) is 3.71. The van der Waals surface area contributed by atoms with Crippen molar-refractivity contribution in [3.05, 3.63) is 71.0 Å². The van der Waals surface area contributed by atoms with Gasteiger partial charge in [-0.3, -0.25) is 0 Å². The summed E-state index contributed by atoms with van der Waals surface area (Å²) in [5, 5.41) is 15.2. The van der Waals surface area contributed by atoms with Crippen molar-refractivity contribution < 1.29 is 4.39 Å². The van der Waals surface area contributed by atoms with Crippen LogP contribution in [-0.4, -0.2) is 19.0 Å². The topological polar surface area (TPSA) is 60.2 Å². The van der Waals surface area contributed by atoms with E-state index < -0.39 is 5.82 Å². The van der Waals surface area contributed by atoms with Crippen LogP contribution in [0.5, 0.6) is 0 Å². The number of nitrogens with one attached hydrogen (secondary N) is 2. The summed E-state index contributed by atoms with van der Waals surface area (Å²) in [4.78, 5) is 4.42. The van der Waals surface area contributed by atoms with E-state index in [-0.39, 0.29) is 6.54 Å². The third kappa shape index (κ3) is 6.27.